The molecule has 1 aliphatic carbocycles. The zero-order valence-electron chi connectivity index (χ0n) is 11.4. The van der Waals surface area contributed by atoms with Gasteiger partial charge >= 0.3 is 5.97 Å². The molecule has 0 bridgehead atoms. The summed E-state index contributed by atoms with van der Waals surface area (Å²) in [6.45, 7) is 5.60. The zero-order valence-corrected chi connectivity index (χ0v) is 11.4. The second-order valence-corrected chi connectivity index (χ2v) is 5.28. The molecular weight excluding hydrogens is 230 g/mol. The average Bonchev–Trinajstić information content (AvgIpc) is 2.40. The highest BCUT2D eigenvalue weighted by atomic mass is 16.5. The van der Waals surface area contributed by atoms with Crippen LogP contribution in [0.5, 0.6) is 0 Å². The Hall–Kier alpha value is -0.610. The molecule has 4 heteroatoms. The fraction of sp³-hybridized carbons (Fsp3) is 0.929. The third-order valence-corrected chi connectivity index (χ3v) is 3.92. The van der Waals surface area contributed by atoms with Crippen LogP contribution in [0.1, 0.15) is 45.4 Å². The molecule has 2 aliphatic rings. The van der Waals surface area contributed by atoms with E-state index in [4.69, 9.17) is 9.47 Å². The molecule has 0 aromatic rings. The van der Waals surface area contributed by atoms with Crippen molar-refractivity contribution in [3.8, 4) is 0 Å². The Kier molecular flexibility index (Phi) is 5.45. The predicted molar refractivity (Wildman–Crippen MR) is 69.4 cm³/mol. The van der Waals surface area contributed by atoms with Gasteiger partial charge in [0.05, 0.1) is 13.2 Å². The molecule has 0 unspecified atom stereocenters. The first kappa shape index (κ1) is 13.8. The molecule has 0 aromatic carbocycles. The summed E-state index contributed by atoms with van der Waals surface area (Å²) < 4.78 is 11.1. The molecule has 18 heavy (non-hydrogen) atoms. The molecular formula is C14H25NO3. The van der Waals surface area contributed by atoms with Gasteiger partial charge in [0.25, 0.3) is 0 Å². The van der Waals surface area contributed by atoms with E-state index in [2.05, 4.69) is 4.90 Å². The van der Waals surface area contributed by atoms with Crippen molar-refractivity contribution in [2.45, 2.75) is 57.6 Å². The number of hydrogen-bond acceptors (Lipinski definition) is 4. The summed E-state index contributed by atoms with van der Waals surface area (Å²) in [5.41, 5.74) is 0. The molecule has 0 amide bonds. The highest BCUT2D eigenvalue weighted by molar-refractivity contribution is 5.69. The normalized spacial score (nSPS) is 30.1. The van der Waals surface area contributed by atoms with E-state index in [1.165, 1.54) is 12.8 Å². The van der Waals surface area contributed by atoms with Gasteiger partial charge in [0.15, 0.2) is 0 Å². The Bertz CT molecular complexity index is 264. The van der Waals surface area contributed by atoms with Gasteiger partial charge in [0, 0.05) is 25.6 Å². The fourth-order valence-corrected chi connectivity index (χ4v) is 2.97. The van der Waals surface area contributed by atoms with Gasteiger partial charge < -0.3 is 9.47 Å². The monoisotopic (exact) mass is 255 g/mol. The summed E-state index contributed by atoms with van der Waals surface area (Å²) in [6.07, 6.45) is 6.15. The molecule has 1 heterocycles. The number of esters is 1. The van der Waals surface area contributed by atoms with Crippen LogP contribution >= 0.6 is 0 Å². The molecule has 104 valence electrons. The Morgan fingerprint density at radius 2 is 2.00 bits per heavy atom. The SMILES string of the molecule is CCCC(=O)O[C@@H]1CCCC[C@H]1N1CCOCC1. The summed E-state index contributed by atoms with van der Waals surface area (Å²) in [4.78, 5) is 14.1. The molecule has 2 fully saturated rings. The Morgan fingerprint density at radius 3 is 2.72 bits per heavy atom. The van der Waals surface area contributed by atoms with E-state index in [1.54, 1.807) is 0 Å². The molecule has 0 radical (unpaired) electrons. The number of morpholine rings is 1. The van der Waals surface area contributed by atoms with Crippen LogP contribution in [-0.4, -0.2) is 49.3 Å². The van der Waals surface area contributed by atoms with Crippen molar-refractivity contribution < 1.29 is 14.3 Å². The van der Waals surface area contributed by atoms with Crippen LogP contribution in [0.25, 0.3) is 0 Å². The van der Waals surface area contributed by atoms with Gasteiger partial charge in [-0.2, -0.15) is 0 Å². The van der Waals surface area contributed by atoms with E-state index >= 15 is 0 Å². The molecule has 2 rings (SSSR count). The van der Waals surface area contributed by atoms with E-state index in [1.807, 2.05) is 6.92 Å². The van der Waals surface area contributed by atoms with Crippen LogP contribution in [0.4, 0.5) is 0 Å². The molecule has 0 spiro atoms. The maximum Gasteiger partial charge on any atom is 0.306 e. The van der Waals surface area contributed by atoms with E-state index in [-0.39, 0.29) is 12.1 Å². The molecule has 1 aliphatic heterocycles. The Balaban J connectivity index is 1.90. The van der Waals surface area contributed by atoms with Gasteiger partial charge in [-0.25, -0.2) is 0 Å². The fourth-order valence-electron chi connectivity index (χ4n) is 2.97. The Labute approximate surface area is 110 Å². The quantitative estimate of drug-likeness (QED) is 0.720. The third kappa shape index (κ3) is 3.69. The summed E-state index contributed by atoms with van der Waals surface area (Å²) in [7, 11) is 0. The van der Waals surface area contributed by atoms with Crippen LogP contribution < -0.4 is 0 Å². The van der Waals surface area contributed by atoms with Gasteiger partial charge in [-0.05, 0) is 25.7 Å². The van der Waals surface area contributed by atoms with Crippen molar-refractivity contribution in [1.29, 1.82) is 0 Å². The largest absolute Gasteiger partial charge is 0.461 e. The van der Waals surface area contributed by atoms with Crippen molar-refractivity contribution in [3.05, 3.63) is 0 Å². The van der Waals surface area contributed by atoms with Crippen LogP contribution in [0.2, 0.25) is 0 Å². The van der Waals surface area contributed by atoms with Gasteiger partial charge in [0.2, 0.25) is 0 Å². The van der Waals surface area contributed by atoms with Gasteiger partial charge in [0.1, 0.15) is 6.10 Å². The van der Waals surface area contributed by atoms with Crippen molar-refractivity contribution in [2.24, 2.45) is 0 Å². The van der Waals surface area contributed by atoms with E-state index in [0.29, 0.717) is 12.5 Å². The van der Waals surface area contributed by atoms with Crippen LogP contribution in [-0.2, 0) is 14.3 Å². The number of nitrogens with zero attached hydrogens (tertiary/aromatic N) is 1. The van der Waals surface area contributed by atoms with Gasteiger partial charge in [-0.3, -0.25) is 9.69 Å². The van der Waals surface area contributed by atoms with E-state index in [0.717, 1.165) is 45.6 Å². The minimum atomic E-state index is -0.0253. The molecule has 0 aromatic heterocycles. The lowest BCUT2D eigenvalue weighted by Gasteiger charge is -2.41. The van der Waals surface area contributed by atoms with Crippen LogP contribution in [0, 0.1) is 0 Å². The van der Waals surface area contributed by atoms with Gasteiger partial charge in [-0.15, -0.1) is 0 Å². The first-order valence-corrected chi connectivity index (χ1v) is 7.32. The number of hydrogen-bond donors (Lipinski definition) is 0. The second-order valence-electron chi connectivity index (χ2n) is 5.28. The van der Waals surface area contributed by atoms with Crippen molar-refractivity contribution in [3.63, 3.8) is 0 Å². The number of carbonyl (C=O) groups is 1. The molecule has 4 nitrogen and oxygen atoms in total. The first-order valence-electron chi connectivity index (χ1n) is 7.32. The summed E-state index contributed by atoms with van der Waals surface area (Å²) in [5.74, 6) is -0.0253. The van der Waals surface area contributed by atoms with Crippen molar-refractivity contribution in [1.82, 2.24) is 4.90 Å². The lowest BCUT2D eigenvalue weighted by molar-refractivity contribution is -0.156. The summed E-state index contributed by atoms with van der Waals surface area (Å²) in [5, 5.41) is 0. The molecule has 1 saturated heterocycles. The maximum atomic E-state index is 11.7. The van der Waals surface area contributed by atoms with E-state index in [9.17, 15) is 4.79 Å². The Morgan fingerprint density at radius 1 is 1.28 bits per heavy atom. The maximum absolute atomic E-state index is 11.7. The number of carbonyl (C=O) groups excluding carboxylic acids is 1. The van der Waals surface area contributed by atoms with E-state index < -0.39 is 0 Å². The van der Waals surface area contributed by atoms with Gasteiger partial charge in [-0.1, -0.05) is 13.3 Å². The zero-order chi connectivity index (χ0) is 12.8. The second kappa shape index (κ2) is 7.10. The predicted octanol–water partition coefficient (Wildman–Crippen LogP) is 1.97. The van der Waals surface area contributed by atoms with Crippen molar-refractivity contribution >= 4 is 5.97 Å². The topological polar surface area (TPSA) is 38.8 Å². The lowest BCUT2D eigenvalue weighted by Crippen LogP contribution is -2.51. The molecule has 0 N–H and O–H groups in total. The van der Waals surface area contributed by atoms with Crippen LogP contribution in [0.3, 0.4) is 0 Å². The first-order chi connectivity index (χ1) is 8.81. The lowest BCUT2D eigenvalue weighted by atomic mass is 9.91. The van der Waals surface area contributed by atoms with Crippen molar-refractivity contribution in [2.75, 3.05) is 26.3 Å². The highest BCUT2D eigenvalue weighted by Gasteiger charge is 2.33. The highest BCUT2D eigenvalue weighted by Crippen LogP contribution is 2.26. The summed E-state index contributed by atoms with van der Waals surface area (Å²) >= 11 is 0. The minimum Gasteiger partial charge on any atom is -0.461 e. The standard InChI is InChI=1S/C14H25NO3/c1-2-5-14(16)18-13-7-4-3-6-12(13)15-8-10-17-11-9-15/h12-13H,2-11H2,1H3/t12-,13-/m1/s1. The minimum absolute atomic E-state index is 0.0253. The average molecular weight is 255 g/mol. The third-order valence-electron chi connectivity index (χ3n) is 3.92. The number of rotatable bonds is 4. The van der Waals surface area contributed by atoms with Crippen LogP contribution in [0.15, 0.2) is 0 Å². The number of ether oxygens (including phenoxy) is 2. The molecule has 1 saturated carbocycles. The summed E-state index contributed by atoms with van der Waals surface area (Å²) in [6, 6.07) is 0.420. The molecule has 2 atom stereocenters. The smallest absolute Gasteiger partial charge is 0.306 e.